The minimum atomic E-state index is -0.524. The molecule has 1 fully saturated rings. The molecule has 3 heteroatoms. The Balaban J connectivity index is 2.25. The summed E-state index contributed by atoms with van der Waals surface area (Å²) >= 11 is 0. The maximum atomic E-state index is 11.4. The number of ether oxygens (including phenoxy) is 2. The van der Waals surface area contributed by atoms with E-state index in [2.05, 4.69) is 6.58 Å². The Bertz CT molecular complexity index is 221. The van der Waals surface area contributed by atoms with Gasteiger partial charge in [0, 0.05) is 12.8 Å². The van der Waals surface area contributed by atoms with Crippen LogP contribution < -0.4 is 0 Å². The minimum absolute atomic E-state index is 0.0673. The van der Waals surface area contributed by atoms with Gasteiger partial charge in [-0.05, 0) is 20.3 Å². The summed E-state index contributed by atoms with van der Waals surface area (Å²) in [5.41, 5.74) is 0. The van der Waals surface area contributed by atoms with Crippen LogP contribution in [0.4, 0.5) is 0 Å². The quantitative estimate of drug-likeness (QED) is 0.634. The third-order valence-corrected chi connectivity index (χ3v) is 2.15. The fourth-order valence-electron chi connectivity index (χ4n) is 1.48. The molecule has 0 aliphatic carbocycles. The van der Waals surface area contributed by atoms with Gasteiger partial charge in [0.1, 0.15) is 5.78 Å². The van der Waals surface area contributed by atoms with E-state index in [9.17, 15) is 4.79 Å². The molecule has 0 bridgehead atoms. The average molecular weight is 198 g/mol. The molecule has 1 unspecified atom stereocenters. The summed E-state index contributed by atoms with van der Waals surface area (Å²) in [5, 5.41) is 0. The molecule has 0 saturated carbocycles. The lowest BCUT2D eigenvalue weighted by molar-refractivity contribution is -0.142. The zero-order valence-electron chi connectivity index (χ0n) is 8.91. The van der Waals surface area contributed by atoms with E-state index in [4.69, 9.17) is 9.47 Å². The Kier molecular flexibility index (Phi) is 3.84. The first kappa shape index (κ1) is 11.4. The summed E-state index contributed by atoms with van der Waals surface area (Å²) in [5.74, 6) is -0.306. The SMILES string of the molecule is C=CCCC(=O)CC1COC(C)(C)O1. The predicted octanol–water partition coefficient (Wildman–Crippen LogP) is 2.06. The first-order valence-corrected chi connectivity index (χ1v) is 4.98. The van der Waals surface area contributed by atoms with Gasteiger partial charge in [-0.2, -0.15) is 0 Å². The van der Waals surface area contributed by atoms with Crippen molar-refractivity contribution in [2.75, 3.05) is 6.61 Å². The highest BCUT2D eigenvalue weighted by Gasteiger charge is 2.33. The zero-order valence-corrected chi connectivity index (χ0v) is 8.91. The average Bonchev–Trinajstić information content (AvgIpc) is 2.42. The maximum Gasteiger partial charge on any atom is 0.163 e. The Morgan fingerprint density at radius 3 is 2.86 bits per heavy atom. The fourth-order valence-corrected chi connectivity index (χ4v) is 1.48. The number of carbonyl (C=O) groups is 1. The number of hydrogen-bond acceptors (Lipinski definition) is 3. The Hall–Kier alpha value is -0.670. The first-order valence-electron chi connectivity index (χ1n) is 4.98. The van der Waals surface area contributed by atoms with Crippen LogP contribution in [0.5, 0.6) is 0 Å². The van der Waals surface area contributed by atoms with Gasteiger partial charge >= 0.3 is 0 Å². The highest BCUT2D eigenvalue weighted by atomic mass is 16.7. The normalized spacial score (nSPS) is 24.9. The van der Waals surface area contributed by atoms with E-state index in [0.29, 0.717) is 19.4 Å². The summed E-state index contributed by atoms with van der Waals surface area (Å²) in [6.07, 6.45) is 3.45. The molecule has 14 heavy (non-hydrogen) atoms. The van der Waals surface area contributed by atoms with Gasteiger partial charge in [-0.25, -0.2) is 0 Å². The van der Waals surface area contributed by atoms with E-state index in [-0.39, 0.29) is 11.9 Å². The molecule has 80 valence electrons. The number of carbonyl (C=O) groups excluding carboxylic acids is 1. The lowest BCUT2D eigenvalue weighted by Gasteiger charge is -2.16. The second-order valence-electron chi connectivity index (χ2n) is 4.02. The van der Waals surface area contributed by atoms with E-state index in [1.165, 1.54) is 0 Å². The van der Waals surface area contributed by atoms with Gasteiger partial charge < -0.3 is 9.47 Å². The largest absolute Gasteiger partial charge is 0.348 e. The smallest absolute Gasteiger partial charge is 0.163 e. The van der Waals surface area contributed by atoms with Crippen molar-refractivity contribution in [2.45, 2.75) is 45.0 Å². The highest BCUT2D eigenvalue weighted by Crippen LogP contribution is 2.24. The third kappa shape index (κ3) is 3.60. The molecule has 1 rings (SSSR count). The van der Waals surface area contributed by atoms with Gasteiger partial charge in [-0.3, -0.25) is 4.79 Å². The molecule has 1 atom stereocenters. The van der Waals surface area contributed by atoms with Gasteiger partial charge in [0.2, 0.25) is 0 Å². The van der Waals surface area contributed by atoms with Crippen LogP contribution in [0.1, 0.15) is 33.1 Å². The molecule has 1 saturated heterocycles. The van der Waals surface area contributed by atoms with Crippen LogP contribution in [0.25, 0.3) is 0 Å². The molecule has 0 aromatic carbocycles. The number of allylic oxidation sites excluding steroid dienone is 1. The molecular weight excluding hydrogens is 180 g/mol. The highest BCUT2D eigenvalue weighted by molar-refractivity contribution is 5.79. The van der Waals surface area contributed by atoms with Crippen LogP contribution in [0.2, 0.25) is 0 Å². The molecule has 1 heterocycles. The zero-order chi connectivity index (χ0) is 10.6. The summed E-state index contributed by atoms with van der Waals surface area (Å²) in [6, 6.07) is 0. The number of Topliss-reactive ketones (excluding diaryl/α,β-unsaturated/α-hetero) is 1. The molecule has 0 spiro atoms. The Morgan fingerprint density at radius 1 is 1.64 bits per heavy atom. The second-order valence-corrected chi connectivity index (χ2v) is 4.02. The van der Waals surface area contributed by atoms with Crippen LogP contribution >= 0.6 is 0 Å². The van der Waals surface area contributed by atoms with Crippen molar-refractivity contribution in [1.82, 2.24) is 0 Å². The van der Waals surface area contributed by atoms with Gasteiger partial charge in [0.15, 0.2) is 5.79 Å². The topological polar surface area (TPSA) is 35.5 Å². The molecule has 0 aromatic rings. The van der Waals surface area contributed by atoms with Crippen molar-refractivity contribution in [3.63, 3.8) is 0 Å². The minimum Gasteiger partial charge on any atom is -0.348 e. The fraction of sp³-hybridized carbons (Fsp3) is 0.727. The van der Waals surface area contributed by atoms with Crippen molar-refractivity contribution in [2.24, 2.45) is 0 Å². The number of ketones is 1. The van der Waals surface area contributed by atoms with E-state index in [0.717, 1.165) is 6.42 Å². The van der Waals surface area contributed by atoms with Crippen molar-refractivity contribution in [3.8, 4) is 0 Å². The second kappa shape index (κ2) is 4.71. The summed E-state index contributed by atoms with van der Waals surface area (Å²) in [6.45, 7) is 7.82. The van der Waals surface area contributed by atoms with Gasteiger partial charge in [-0.15, -0.1) is 6.58 Å². The Labute approximate surface area is 85.1 Å². The molecule has 0 radical (unpaired) electrons. The molecule has 0 aromatic heterocycles. The lowest BCUT2D eigenvalue weighted by atomic mass is 10.1. The van der Waals surface area contributed by atoms with Crippen LogP contribution in [-0.2, 0) is 14.3 Å². The van der Waals surface area contributed by atoms with Crippen molar-refractivity contribution in [1.29, 1.82) is 0 Å². The van der Waals surface area contributed by atoms with Gasteiger partial charge in [0.25, 0.3) is 0 Å². The van der Waals surface area contributed by atoms with Crippen molar-refractivity contribution in [3.05, 3.63) is 12.7 Å². The monoisotopic (exact) mass is 198 g/mol. The lowest BCUT2D eigenvalue weighted by Crippen LogP contribution is -2.22. The standard InChI is InChI=1S/C11H18O3/c1-4-5-6-9(12)7-10-8-13-11(2,3)14-10/h4,10H,1,5-8H2,2-3H3. The number of hydrogen-bond donors (Lipinski definition) is 0. The van der Waals surface area contributed by atoms with Crippen LogP contribution in [0, 0.1) is 0 Å². The van der Waals surface area contributed by atoms with Gasteiger partial charge in [-0.1, -0.05) is 6.08 Å². The molecular formula is C11H18O3. The predicted molar refractivity (Wildman–Crippen MR) is 54.0 cm³/mol. The van der Waals surface area contributed by atoms with Crippen LogP contribution in [0.15, 0.2) is 12.7 Å². The molecule has 3 nitrogen and oxygen atoms in total. The van der Waals surface area contributed by atoms with Crippen molar-refractivity contribution >= 4 is 5.78 Å². The van der Waals surface area contributed by atoms with Crippen LogP contribution in [0.3, 0.4) is 0 Å². The van der Waals surface area contributed by atoms with E-state index < -0.39 is 5.79 Å². The summed E-state index contributed by atoms with van der Waals surface area (Å²) < 4.78 is 10.9. The summed E-state index contributed by atoms with van der Waals surface area (Å²) in [7, 11) is 0. The van der Waals surface area contributed by atoms with E-state index in [1.807, 2.05) is 13.8 Å². The molecule has 1 aliphatic rings. The first-order chi connectivity index (χ1) is 6.53. The molecule has 1 aliphatic heterocycles. The molecule has 0 amide bonds. The third-order valence-electron chi connectivity index (χ3n) is 2.15. The van der Waals surface area contributed by atoms with E-state index in [1.54, 1.807) is 6.08 Å². The Morgan fingerprint density at radius 2 is 2.36 bits per heavy atom. The molecule has 0 N–H and O–H groups in total. The maximum absolute atomic E-state index is 11.4. The van der Waals surface area contributed by atoms with Crippen molar-refractivity contribution < 1.29 is 14.3 Å². The van der Waals surface area contributed by atoms with Crippen LogP contribution in [-0.4, -0.2) is 24.3 Å². The van der Waals surface area contributed by atoms with Gasteiger partial charge in [0.05, 0.1) is 12.7 Å². The summed E-state index contributed by atoms with van der Waals surface area (Å²) in [4.78, 5) is 11.4. The number of rotatable bonds is 5. The van der Waals surface area contributed by atoms with E-state index >= 15 is 0 Å².